The van der Waals surface area contributed by atoms with E-state index in [1.54, 1.807) is 6.07 Å². The van der Waals surface area contributed by atoms with Crippen LogP contribution in [0.15, 0.2) is 23.2 Å². The summed E-state index contributed by atoms with van der Waals surface area (Å²) in [5, 5.41) is 0.0235. The van der Waals surface area contributed by atoms with Gasteiger partial charge in [-0.1, -0.05) is 11.6 Å². The first kappa shape index (κ1) is 14.3. The Labute approximate surface area is 124 Å². The van der Waals surface area contributed by atoms with E-state index in [1.165, 1.54) is 25.1 Å². The van der Waals surface area contributed by atoms with Gasteiger partial charge in [0, 0.05) is 18.3 Å². The molecule has 1 aromatic rings. The van der Waals surface area contributed by atoms with E-state index in [1.807, 2.05) is 0 Å². The van der Waals surface area contributed by atoms with Crippen LogP contribution in [0.1, 0.15) is 25.7 Å². The van der Waals surface area contributed by atoms with Gasteiger partial charge in [0.15, 0.2) is 0 Å². The molecule has 0 atom stereocenters. The standard InChI is InChI=1S/C13H18ClN3O2S/c14-13-12(2-1-7-15-13)20(18,19)16-10-5-8-17(9-6-10)11-3-4-11/h1-2,7,10-11,16H,3-6,8-9H2. The predicted octanol–water partition coefficient (Wildman–Crippen LogP) is 1.64. The van der Waals surface area contributed by atoms with Gasteiger partial charge in [-0.3, -0.25) is 0 Å². The van der Waals surface area contributed by atoms with Crippen LogP contribution in [0.5, 0.6) is 0 Å². The average molecular weight is 316 g/mol. The van der Waals surface area contributed by atoms with Crippen LogP contribution in [0.2, 0.25) is 5.15 Å². The molecule has 1 aromatic heterocycles. The van der Waals surface area contributed by atoms with Gasteiger partial charge in [-0.25, -0.2) is 18.1 Å². The van der Waals surface area contributed by atoms with Crippen LogP contribution < -0.4 is 4.72 Å². The fourth-order valence-electron chi connectivity index (χ4n) is 2.68. The summed E-state index contributed by atoms with van der Waals surface area (Å²) < 4.78 is 27.4. The third-order valence-corrected chi connectivity index (χ3v) is 5.89. The minimum atomic E-state index is -3.58. The average Bonchev–Trinajstić information content (AvgIpc) is 3.24. The van der Waals surface area contributed by atoms with Gasteiger partial charge in [0.25, 0.3) is 0 Å². The molecule has 0 amide bonds. The van der Waals surface area contributed by atoms with Crippen molar-refractivity contribution in [3.63, 3.8) is 0 Å². The molecule has 3 rings (SSSR count). The predicted molar refractivity (Wildman–Crippen MR) is 77.2 cm³/mol. The molecule has 20 heavy (non-hydrogen) atoms. The monoisotopic (exact) mass is 315 g/mol. The highest BCUT2D eigenvalue weighted by Gasteiger charge is 2.33. The van der Waals surface area contributed by atoms with Crippen molar-refractivity contribution in [2.75, 3.05) is 13.1 Å². The lowest BCUT2D eigenvalue weighted by atomic mass is 10.1. The Balaban J connectivity index is 1.64. The lowest BCUT2D eigenvalue weighted by Crippen LogP contribution is -2.45. The first-order valence-corrected chi connectivity index (χ1v) is 8.79. The lowest BCUT2D eigenvalue weighted by Gasteiger charge is -2.32. The van der Waals surface area contributed by atoms with E-state index in [-0.39, 0.29) is 16.1 Å². The SMILES string of the molecule is O=S(=O)(NC1CCN(C2CC2)CC1)c1cccnc1Cl. The number of sulfonamides is 1. The Hall–Kier alpha value is -0.690. The molecule has 2 fully saturated rings. The molecular weight excluding hydrogens is 298 g/mol. The van der Waals surface area contributed by atoms with Crippen molar-refractivity contribution in [2.24, 2.45) is 0 Å². The Morgan fingerprint density at radius 2 is 1.95 bits per heavy atom. The van der Waals surface area contributed by atoms with Crippen LogP contribution in [0, 0.1) is 0 Å². The van der Waals surface area contributed by atoms with Crippen LogP contribution in [-0.4, -0.2) is 43.5 Å². The number of hydrogen-bond donors (Lipinski definition) is 1. The van der Waals surface area contributed by atoms with Gasteiger partial charge < -0.3 is 4.90 Å². The van der Waals surface area contributed by atoms with Crippen molar-refractivity contribution in [1.82, 2.24) is 14.6 Å². The van der Waals surface area contributed by atoms with Crippen molar-refractivity contribution >= 4 is 21.6 Å². The second kappa shape index (κ2) is 5.60. The maximum absolute atomic E-state index is 12.3. The third-order valence-electron chi connectivity index (χ3n) is 3.93. The maximum Gasteiger partial charge on any atom is 0.243 e. The Morgan fingerprint density at radius 1 is 1.25 bits per heavy atom. The number of nitrogens with one attached hydrogen (secondary N) is 1. The summed E-state index contributed by atoms with van der Waals surface area (Å²) in [7, 11) is -3.58. The molecule has 1 aliphatic heterocycles. The van der Waals surface area contributed by atoms with Gasteiger partial charge in [-0.15, -0.1) is 0 Å². The maximum atomic E-state index is 12.3. The molecule has 1 aliphatic carbocycles. The molecule has 0 radical (unpaired) electrons. The zero-order valence-corrected chi connectivity index (χ0v) is 12.7. The number of piperidine rings is 1. The lowest BCUT2D eigenvalue weighted by molar-refractivity contribution is 0.199. The molecule has 5 nitrogen and oxygen atoms in total. The second-order valence-electron chi connectivity index (χ2n) is 5.46. The van der Waals surface area contributed by atoms with Crippen LogP contribution in [0.25, 0.3) is 0 Å². The van der Waals surface area contributed by atoms with Crippen molar-refractivity contribution in [2.45, 2.75) is 42.7 Å². The summed E-state index contributed by atoms with van der Waals surface area (Å²) in [5.41, 5.74) is 0. The van der Waals surface area contributed by atoms with Crippen LogP contribution >= 0.6 is 11.6 Å². The zero-order valence-electron chi connectivity index (χ0n) is 11.1. The van der Waals surface area contributed by atoms with Gasteiger partial charge >= 0.3 is 0 Å². The van der Waals surface area contributed by atoms with Gasteiger partial charge in [0.05, 0.1) is 0 Å². The molecule has 0 bridgehead atoms. The molecule has 7 heteroatoms. The van der Waals surface area contributed by atoms with E-state index in [0.717, 1.165) is 32.0 Å². The van der Waals surface area contributed by atoms with Crippen molar-refractivity contribution in [3.8, 4) is 0 Å². The summed E-state index contributed by atoms with van der Waals surface area (Å²) in [6.07, 6.45) is 5.78. The van der Waals surface area contributed by atoms with E-state index < -0.39 is 10.0 Å². The highest BCUT2D eigenvalue weighted by molar-refractivity contribution is 7.89. The molecule has 2 heterocycles. The molecule has 0 spiro atoms. The van der Waals surface area contributed by atoms with Crippen LogP contribution in [0.4, 0.5) is 0 Å². The molecule has 1 N–H and O–H groups in total. The minimum Gasteiger partial charge on any atom is -0.300 e. The summed E-state index contributed by atoms with van der Waals surface area (Å²) in [6.45, 7) is 1.94. The fourth-order valence-corrected chi connectivity index (χ4v) is 4.43. The molecule has 110 valence electrons. The number of likely N-dealkylation sites (tertiary alicyclic amines) is 1. The third kappa shape index (κ3) is 3.14. The largest absolute Gasteiger partial charge is 0.300 e. The molecule has 0 unspecified atom stereocenters. The Kier molecular flexibility index (Phi) is 3.99. The summed E-state index contributed by atoms with van der Waals surface area (Å²) in [4.78, 5) is 6.34. The van der Waals surface area contributed by atoms with E-state index in [9.17, 15) is 8.42 Å². The van der Waals surface area contributed by atoms with Crippen LogP contribution in [-0.2, 0) is 10.0 Å². The first-order chi connectivity index (χ1) is 9.56. The van der Waals surface area contributed by atoms with Crippen LogP contribution in [0.3, 0.4) is 0 Å². The zero-order chi connectivity index (χ0) is 14.2. The number of rotatable bonds is 4. The van der Waals surface area contributed by atoms with Gasteiger partial charge in [-0.2, -0.15) is 0 Å². The molecule has 2 aliphatic rings. The van der Waals surface area contributed by atoms with Crippen molar-refractivity contribution in [1.29, 1.82) is 0 Å². The number of nitrogens with zero attached hydrogens (tertiary/aromatic N) is 2. The fraction of sp³-hybridized carbons (Fsp3) is 0.615. The molecule has 1 saturated carbocycles. The van der Waals surface area contributed by atoms with E-state index in [0.29, 0.717) is 0 Å². The number of aromatic nitrogens is 1. The summed E-state index contributed by atoms with van der Waals surface area (Å²) >= 11 is 5.86. The van der Waals surface area contributed by atoms with Gasteiger partial charge in [0.1, 0.15) is 10.0 Å². The molecular formula is C13H18ClN3O2S. The van der Waals surface area contributed by atoms with Gasteiger partial charge in [0.2, 0.25) is 10.0 Å². The Bertz CT molecular complexity index is 581. The highest BCUT2D eigenvalue weighted by atomic mass is 35.5. The number of hydrogen-bond acceptors (Lipinski definition) is 4. The second-order valence-corrected chi connectivity index (χ2v) is 7.50. The smallest absolute Gasteiger partial charge is 0.243 e. The summed E-state index contributed by atoms with van der Waals surface area (Å²) in [6, 6.07) is 3.80. The number of pyridine rings is 1. The van der Waals surface area contributed by atoms with Crippen molar-refractivity contribution < 1.29 is 8.42 Å². The quantitative estimate of drug-likeness (QED) is 0.858. The molecule has 0 aromatic carbocycles. The highest BCUT2D eigenvalue weighted by Crippen LogP contribution is 2.29. The minimum absolute atomic E-state index is 0.00808. The summed E-state index contributed by atoms with van der Waals surface area (Å²) in [5.74, 6) is 0. The van der Waals surface area contributed by atoms with E-state index in [4.69, 9.17) is 11.6 Å². The van der Waals surface area contributed by atoms with E-state index >= 15 is 0 Å². The topological polar surface area (TPSA) is 62.3 Å². The number of halogens is 1. The van der Waals surface area contributed by atoms with Crippen molar-refractivity contribution in [3.05, 3.63) is 23.5 Å². The normalized spacial score (nSPS) is 22.1. The molecule has 1 saturated heterocycles. The first-order valence-electron chi connectivity index (χ1n) is 6.93. The van der Waals surface area contributed by atoms with Gasteiger partial charge in [-0.05, 0) is 50.9 Å². The Morgan fingerprint density at radius 3 is 2.55 bits per heavy atom. The van der Waals surface area contributed by atoms with E-state index in [2.05, 4.69) is 14.6 Å².